The molecule has 0 radical (unpaired) electrons. The normalized spacial score (nSPS) is 11.1. The molecule has 4 rings (SSSR count). The molecule has 24 heavy (non-hydrogen) atoms. The molecule has 0 amide bonds. The van der Waals surface area contributed by atoms with Gasteiger partial charge in [0.15, 0.2) is 0 Å². The number of para-hydroxylation sites is 1. The van der Waals surface area contributed by atoms with Crippen molar-refractivity contribution in [2.75, 3.05) is 5.32 Å². The number of halogens is 1. The minimum atomic E-state index is 0.373. The van der Waals surface area contributed by atoms with Gasteiger partial charge in [-0.15, -0.1) is 5.10 Å². The van der Waals surface area contributed by atoms with Crippen molar-refractivity contribution in [1.29, 1.82) is 0 Å². The highest BCUT2D eigenvalue weighted by atomic mass is 79.9. The molecular formula is C18H15BrN4O. The van der Waals surface area contributed by atoms with Crippen molar-refractivity contribution in [3.05, 3.63) is 58.6 Å². The first-order chi connectivity index (χ1) is 11.7. The van der Waals surface area contributed by atoms with E-state index in [1.54, 1.807) is 0 Å². The number of aromatic amines is 1. The Kier molecular flexibility index (Phi) is 3.82. The largest absolute Gasteiger partial charge is 0.402 e. The molecule has 4 aromatic rings. The van der Waals surface area contributed by atoms with Crippen molar-refractivity contribution in [2.45, 2.75) is 13.3 Å². The zero-order chi connectivity index (χ0) is 16.5. The van der Waals surface area contributed by atoms with Gasteiger partial charge in [0.1, 0.15) is 5.69 Å². The van der Waals surface area contributed by atoms with E-state index in [9.17, 15) is 0 Å². The predicted molar refractivity (Wildman–Crippen MR) is 98.4 cm³/mol. The predicted octanol–water partition coefficient (Wildman–Crippen LogP) is 5.29. The summed E-state index contributed by atoms with van der Waals surface area (Å²) in [5, 5.41) is 12.6. The van der Waals surface area contributed by atoms with Crippen LogP contribution < -0.4 is 5.32 Å². The van der Waals surface area contributed by atoms with E-state index in [2.05, 4.69) is 49.4 Å². The quantitative estimate of drug-likeness (QED) is 0.503. The first-order valence-electron chi connectivity index (χ1n) is 7.70. The van der Waals surface area contributed by atoms with Crippen LogP contribution in [-0.4, -0.2) is 15.2 Å². The van der Waals surface area contributed by atoms with Crippen LogP contribution in [0.2, 0.25) is 0 Å². The lowest BCUT2D eigenvalue weighted by Gasteiger charge is -1.99. The summed E-state index contributed by atoms with van der Waals surface area (Å²) in [5.74, 6) is 0.484. The number of nitrogens with one attached hydrogen (secondary N) is 2. The first kappa shape index (κ1) is 15.0. The zero-order valence-corrected chi connectivity index (χ0v) is 14.6. The second-order valence-corrected chi connectivity index (χ2v) is 6.34. The number of nitrogens with zero attached hydrogens (tertiary/aromatic N) is 2. The Bertz CT molecular complexity index is 991. The number of anilines is 2. The first-order valence-corrected chi connectivity index (χ1v) is 8.50. The fourth-order valence-corrected chi connectivity index (χ4v) is 3.15. The molecule has 0 atom stereocenters. The van der Waals surface area contributed by atoms with Gasteiger partial charge >= 0.3 is 6.01 Å². The number of rotatable bonds is 4. The van der Waals surface area contributed by atoms with E-state index in [1.165, 1.54) is 5.56 Å². The summed E-state index contributed by atoms with van der Waals surface area (Å²) < 4.78 is 6.85. The van der Waals surface area contributed by atoms with Crippen molar-refractivity contribution in [1.82, 2.24) is 15.2 Å². The topological polar surface area (TPSA) is 66.7 Å². The molecule has 0 aliphatic rings. The standard InChI is InChI=1S/C18H15BrN4O/c1-2-13-14-10-11(19)8-9-15(14)21-16(13)17-22-23-18(24-17)20-12-6-4-3-5-7-12/h3-10,21H,2H2,1H3,(H,20,23). The van der Waals surface area contributed by atoms with Crippen LogP contribution in [0.5, 0.6) is 0 Å². The number of H-pyrrole nitrogens is 1. The lowest BCUT2D eigenvalue weighted by Crippen LogP contribution is -1.88. The number of aryl methyl sites for hydroxylation is 1. The highest BCUT2D eigenvalue weighted by Gasteiger charge is 2.17. The average molecular weight is 383 g/mol. The molecule has 0 fully saturated rings. The van der Waals surface area contributed by atoms with Gasteiger partial charge in [-0.2, -0.15) is 0 Å². The Balaban J connectivity index is 1.73. The third kappa shape index (κ3) is 2.69. The number of benzene rings is 2. The highest BCUT2D eigenvalue weighted by Crippen LogP contribution is 2.32. The van der Waals surface area contributed by atoms with Crippen molar-refractivity contribution in [3.63, 3.8) is 0 Å². The third-order valence-corrected chi connectivity index (χ3v) is 4.38. The Morgan fingerprint density at radius 3 is 2.75 bits per heavy atom. The van der Waals surface area contributed by atoms with Gasteiger partial charge in [-0.1, -0.05) is 46.2 Å². The molecular weight excluding hydrogens is 368 g/mol. The van der Waals surface area contributed by atoms with E-state index in [-0.39, 0.29) is 0 Å². The third-order valence-electron chi connectivity index (χ3n) is 3.89. The molecule has 0 bridgehead atoms. The van der Waals surface area contributed by atoms with Crippen molar-refractivity contribution in [2.24, 2.45) is 0 Å². The van der Waals surface area contributed by atoms with Gasteiger partial charge in [0.25, 0.3) is 5.89 Å². The van der Waals surface area contributed by atoms with Crippen LogP contribution in [0.3, 0.4) is 0 Å². The summed E-state index contributed by atoms with van der Waals surface area (Å²) in [4.78, 5) is 3.39. The molecule has 0 spiro atoms. The van der Waals surface area contributed by atoms with E-state index in [1.807, 2.05) is 42.5 Å². The fourth-order valence-electron chi connectivity index (χ4n) is 2.79. The van der Waals surface area contributed by atoms with E-state index in [4.69, 9.17) is 4.42 Å². The number of aromatic nitrogens is 3. The lowest BCUT2D eigenvalue weighted by molar-refractivity contribution is 0.585. The van der Waals surface area contributed by atoms with E-state index < -0.39 is 0 Å². The second-order valence-electron chi connectivity index (χ2n) is 5.43. The molecule has 0 unspecified atom stereocenters. The second kappa shape index (κ2) is 6.13. The minimum Gasteiger partial charge on any atom is -0.402 e. The van der Waals surface area contributed by atoms with Gasteiger partial charge < -0.3 is 14.7 Å². The van der Waals surface area contributed by atoms with Crippen LogP contribution in [0.25, 0.3) is 22.5 Å². The maximum atomic E-state index is 5.80. The Hall–Kier alpha value is -2.60. The summed E-state index contributed by atoms with van der Waals surface area (Å²) in [6.45, 7) is 2.12. The summed E-state index contributed by atoms with van der Waals surface area (Å²) in [6, 6.07) is 16.3. The van der Waals surface area contributed by atoms with E-state index in [0.717, 1.165) is 33.2 Å². The van der Waals surface area contributed by atoms with Gasteiger partial charge in [-0.25, -0.2) is 0 Å². The van der Waals surface area contributed by atoms with Crippen LogP contribution in [0, 0.1) is 0 Å². The van der Waals surface area contributed by atoms with Gasteiger partial charge in [-0.05, 0) is 42.3 Å². The average Bonchev–Trinajstić information content (AvgIpc) is 3.19. The van der Waals surface area contributed by atoms with Gasteiger partial charge in [0.2, 0.25) is 0 Å². The van der Waals surface area contributed by atoms with Crippen molar-refractivity contribution in [3.8, 4) is 11.6 Å². The molecule has 0 aliphatic heterocycles. The molecule has 0 saturated heterocycles. The highest BCUT2D eigenvalue weighted by molar-refractivity contribution is 9.10. The molecule has 0 saturated carbocycles. The van der Waals surface area contributed by atoms with Crippen molar-refractivity contribution < 1.29 is 4.42 Å². The van der Waals surface area contributed by atoms with Crippen LogP contribution in [0.1, 0.15) is 12.5 Å². The minimum absolute atomic E-state index is 0.373. The smallest absolute Gasteiger partial charge is 0.320 e. The summed E-state index contributed by atoms with van der Waals surface area (Å²) in [5.41, 5.74) is 4.00. The van der Waals surface area contributed by atoms with Crippen LogP contribution in [0.4, 0.5) is 11.7 Å². The fraction of sp³-hybridized carbons (Fsp3) is 0.111. The van der Waals surface area contributed by atoms with Crippen LogP contribution in [-0.2, 0) is 6.42 Å². The number of hydrogen-bond donors (Lipinski definition) is 2. The Morgan fingerprint density at radius 2 is 1.96 bits per heavy atom. The van der Waals surface area contributed by atoms with Crippen LogP contribution in [0.15, 0.2) is 57.4 Å². The molecule has 2 aromatic heterocycles. The number of hydrogen-bond acceptors (Lipinski definition) is 4. The molecule has 2 N–H and O–H groups in total. The maximum Gasteiger partial charge on any atom is 0.320 e. The zero-order valence-electron chi connectivity index (χ0n) is 13.0. The SMILES string of the molecule is CCc1c(-c2nnc(Nc3ccccc3)o2)[nH]c2ccc(Br)cc12. The molecule has 5 nitrogen and oxygen atoms in total. The van der Waals surface area contributed by atoms with Gasteiger partial charge in [0, 0.05) is 21.1 Å². The van der Waals surface area contributed by atoms with Crippen LogP contribution >= 0.6 is 15.9 Å². The monoisotopic (exact) mass is 382 g/mol. The summed E-state index contributed by atoms with van der Waals surface area (Å²) in [7, 11) is 0. The number of fused-ring (bicyclic) bond motifs is 1. The molecule has 2 aromatic carbocycles. The molecule has 0 aliphatic carbocycles. The van der Waals surface area contributed by atoms with E-state index in [0.29, 0.717) is 11.9 Å². The van der Waals surface area contributed by atoms with E-state index >= 15 is 0 Å². The van der Waals surface area contributed by atoms with Crippen molar-refractivity contribution >= 4 is 38.5 Å². The molecule has 2 heterocycles. The Morgan fingerprint density at radius 1 is 1.12 bits per heavy atom. The Labute approximate surface area is 147 Å². The summed E-state index contributed by atoms with van der Waals surface area (Å²) in [6.07, 6.45) is 0.871. The van der Waals surface area contributed by atoms with Gasteiger partial charge in [0.05, 0.1) is 0 Å². The molecule has 6 heteroatoms. The molecule has 120 valence electrons. The van der Waals surface area contributed by atoms with Gasteiger partial charge in [-0.3, -0.25) is 0 Å². The maximum absolute atomic E-state index is 5.80. The lowest BCUT2D eigenvalue weighted by atomic mass is 10.1. The summed E-state index contributed by atoms with van der Waals surface area (Å²) >= 11 is 3.53.